The fourth-order valence-electron chi connectivity index (χ4n) is 3.05. The maximum atomic E-state index is 11.6. The van der Waals surface area contributed by atoms with Crippen molar-refractivity contribution in [3.63, 3.8) is 0 Å². The van der Waals surface area contributed by atoms with Crippen LogP contribution in [0.1, 0.15) is 5.56 Å². The number of hydrogen-bond acceptors (Lipinski definition) is 3. The number of carboxylic acids is 1. The molecular weight excluding hydrogens is 371 g/mol. The minimum Gasteiger partial charge on any atom is -0.478 e. The molecule has 2 aromatic carbocycles. The van der Waals surface area contributed by atoms with E-state index in [1.54, 1.807) is 12.1 Å². The number of nitrogens with zero attached hydrogens (tertiary/aromatic N) is 2. The van der Waals surface area contributed by atoms with Crippen LogP contribution in [0.25, 0.3) is 6.08 Å². The zero-order valence-electron chi connectivity index (χ0n) is 14.2. The number of rotatable bonds is 5. The molecule has 0 amide bonds. The van der Waals surface area contributed by atoms with E-state index in [0.717, 1.165) is 37.4 Å². The zero-order valence-corrected chi connectivity index (χ0v) is 15.7. The van der Waals surface area contributed by atoms with Gasteiger partial charge in [-0.3, -0.25) is 4.90 Å². The number of anilines is 1. The number of piperazine rings is 1. The maximum absolute atomic E-state index is 11.6. The van der Waals surface area contributed by atoms with Gasteiger partial charge in [0, 0.05) is 32.7 Å². The molecule has 0 spiro atoms. The highest BCUT2D eigenvalue weighted by molar-refractivity contribution is 6.43. The van der Waals surface area contributed by atoms with Crippen LogP contribution in [0, 0.1) is 0 Å². The van der Waals surface area contributed by atoms with E-state index in [-0.39, 0.29) is 0 Å². The van der Waals surface area contributed by atoms with Crippen LogP contribution in [0.5, 0.6) is 0 Å². The number of carbonyl (C=O) groups is 1. The normalized spacial score (nSPS) is 15.9. The Hall–Kier alpha value is -2.01. The predicted molar refractivity (Wildman–Crippen MR) is 107 cm³/mol. The third-order valence-corrected chi connectivity index (χ3v) is 5.26. The lowest BCUT2D eigenvalue weighted by molar-refractivity contribution is -0.132. The SMILES string of the molecule is O=C(O)/C(=C/c1ccccc1)CN1CCN(c2cccc(Cl)c2Cl)CC1. The van der Waals surface area contributed by atoms with Gasteiger partial charge in [0.2, 0.25) is 0 Å². The molecule has 1 heterocycles. The van der Waals surface area contributed by atoms with Gasteiger partial charge in [-0.1, -0.05) is 59.6 Å². The highest BCUT2D eigenvalue weighted by atomic mass is 35.5. The Morgan fingerprint density at radius 3 is 2.35 bits per heavy atom. The lowest BCUT2D eigenvalue weighted by Crippen LogP contribution is -2.47. The molecule has 4 nitrogen and oxygen atoms in total. The summed E-state index contributed by atoms with van der Waals surface area (Å²) >= 11 is 12.4. The number of halogens is 2. The van der Waals surface area contributed by atoms with Crippen molar-refractivity contribution < 1.29 is 9.90 Å². The maximum Gasteiger partial charge on any atom is 0.332 e. The topological polar surface area (TPSA) is 43.8 Å². The predicted octanol–water partition coefficient (Wildman–Crippen LogP) is 4.28. The number of benzene rings is 2. The Morgan fingerprint density at radius 2 is 1.69 bits per heavy atom. The molecule has 6 heteroatoms. The third-order valence-electron chi connectivity index (χ3n) is 4.45. The fourth-order valence-corrected chi connectivity index (χ4v) is 3.46. The van der Waals surface area contributed by atoms with E-state index in [2.05, 4.69) is 9.80 Å². The lowest BCUT2D eigenvalue weighted by atomic mass is 10.1. The van der Waals surface area contributed by atoms with Crippen molar-refractivity contribution in [2.24, 2.45) is 0 Å². The average molecular weight is 391 g/mol. The van der Waals surface area contributed by atoms with Gasteiger partial charge in [-0.25, -0.2) is 4.79 Å². The summed E-state index contributed by atoms with van der Waals surface area (Å²) in [7, 11) is 0. The Kier molecular flexibility index (Phi) is 6.20. The van der Waals surface area contributed by atoms with Crippen LogP contribution in [0.4, 0.5) is 5.69 Å². The van der Waals surface area contributed by atoms with Crippen LogP contribution < -0.4 is 4.90 Å². The van der Waals surface area contributed by atoms with Crippen molar-refractivity contribution in [2.45, 2.75) is 0 Å². The van der Waals surface area contributed by atoms with E-state index < -0.39 is 5.97 Å². The van der Waals surface area contributed by atoms with Gasteiger partial charge in [0.15, 0.2) is 0 Å². The molecular formula is C20H20Cl2N2O2. The van der Waals surface area contributed by atoms with Crippen molar-refractivity contribution in [3.05, 3.63) is 69.7 Å². The van der Waals surface area contributed by atoms with Crippen LogP contribution in [-0.4, -0.2) is 48.7 Å². The Balaban J connectivity index is 1.65. The molecule has 0 aliphatic carbocycles. The molecule has 0 saturated carbocycles. The summed E-state index contributed by atoms with van der Waals surface area (Å²) in [5.74, 6) is -0.880. The highest BCUT2D eigenvalue weighted by Crippen LogP contribution is 2.32. The van der Waals surface area contributed by atoms with Gasteiger partial charge in [0.1, 0.15) is 0 Å². The van der Waals surface area contributed by atoms with Crippen LogP contribution in [0.2, 0.25) is 10.0 Å². The van der Waals surface area contributed by atoms with Gasteiger partial charge in [-0.15, -0.1) is 0 Å². The van der Waals surface area contributed by atoms with Gasteiger partial charge in [0.25, 0.3) is 0 Å². The quantitative estimate of drug-likeness (QED) is 0.773. The number of hydrogen-bond donors (Lipinski definition) is 1. The first-order valence-electron chi connectivity index (χ1n) is 8.45. The molecule has 0 aromatic heterocycles. The second-order valence-electron chi connectivity index (χ2n) is 6.22. The molecule has 3 rings (SSSR count). The second kappa shape index (κ2) is 8.58. The summed E-state index contributed by atoms with van der Waals surface area (Å²) in [4.78, 5) is 15.9. The van der Waals surface area contributed by atoms with Crippen LogP contribution >= 0.6 is 23.2 Å². The molecule has 0 unspecified atom stereocenters. The Morgan fingerprint density at radius 1 is 1.00 bits per heavy atom. The van der Waals surface area contributed by atoms with E-state index in [9.17, 15) is 9.90 Å². The summed E-state index contributed by atoms with van der Waals surface area (Å²) in [5, 5.41) is 10.6. The standard InChI is InChI=1S/C20H20Cl2N2O2/c21-17-7-4-8-18(19(17)22)24-11-9-23(10-12-24)14-16(20(25)26)13-15-5-2-1-3-6-15/h1-8,13H,9-12,14H2,(H,25,26)/b16-13+. The molecule has 1 saturated heterocycles. The van der Waals surface area contributed by atoms with Crippen molar-refractivity contribution >= 4 is 40.9 Å². The van der Waals surface area contributed by atoms with Crippen molar-refractivity contribution in [1.29, 1.82) is 0 Å². The largest absolute Gasteiger partial charge is 0.478 e. The third kappa shape index (κ3) is 4.58. The van der Waals surface area contributed by atoms with Crippen LogP contribution in [0.3, 0.4) is 0 Å². The van der Waals surface area contributed by atoms with Crippen molar-refractivity contribution in [3.8, 4) is 0 Å². The Labute approximate surface area is 163 Å². The first-order chi connectivity index (χ1) is 12.5. The first kappa shape index (κ1) is 18.8. The molecule has 1 N–H and O–H groups in total. The summed E-state index contributed by atoms with van der Waals surface area (Å²) in [5.41, 5.74) is 2.22. The number of carboxylic acid groups (broad SMARTS) is 1. The van der Waals surface area contributed by atoms with E-state index in [4.69, 9.17) is 23.2 Å². The van der Waals surface area contributed by atoms with E-state index >= 15 is 0 Å². The summed E-state index contributed by atoms with van der Waals surface area (Å²) < 4.78 is 0. The second-order valence-corrected chi connectivity index (χ2v) is 7.01. The highest BCUT2D eigenvalue weighted by Gasteiger charge is 2.21. The molecule has 1 aliphatic heterocycles. The molecule has 26 heavy (non-hydrogen) atoms. The number of aliphatic carboxylic acids is 1. The van der Waals surface area contributed by atoms with Crippen molar-refractivity contribution in [2.75, 3.05) is 37.6 Å². The molecule has 0 atom stereocenters. The summed E-state index contributed by atoms with van der Waals surface area (Å²) in [6.07, 6.45) is 1.74. The Bertz CT molecular complexity index is 801. The zero-order chi connectivity index (χ0) is 18.5. The van der Waals surface area contributed by atoms with Gasteiger partial charge >= 0.3 is 5.97 Å². The lowest BCUT2D eigenvalue weighted by Gasteiger charge is -2.36. The van der Waals surface area contributed by atoms with Gasteiger partial charge in [-0.05, 0) is 23.8 Å². The van der Waals surface area contributed by atoms with Crippen molar-refractivity contribution in [1.82, 2.24) is 4.90 Å². The smallest absolute Gasteiger partial charge is 0.332 e. The van der Waals surface area contributed by atoms with E-state index in [1.165, 1.54) is 0 Å². The summed E-state index contributed by atoms with van der Waals surface area (Å²) in [6, 6.07) is 15.2. The molecule has 0 radical (unpaired) electrons. The minimum absolute atomic E-state index is 0.394. The minimum atomic E-state index is -0.880. The summed E-state index contributed by atoms with van der Waals surface area (Å²) in [6.45, 7) is 3.50. The van der Waals surface area contributed by atoms with Crippen LogP contribution in [0.15, 0.2) is 54.1 Å². The molecule has 2 aromatic rings. The fraction of sp³-hybridized carbons (Fsp3) is 0.250. The molecule has 136 valence electrons. The molecule has 1 fully saturated rings. The monoisotopic (exact) mass is 390 g/mol. The van der Waals surface area contributed by atoms with E-state index in [0.29, 0.717) is 22.2 Å². The van der Waals surface area contributed by atoms with Crippen LogP contribution in [-0.2, 0) is 4.79 Å². The molecule has 1 aliphatic rings. The first-order valence-corrected chi connectivity index (χ1v) is 9.20. The van der Waals surface area contributed by atoms with Gasteiger partial charge in [0.05, 0.1) is 21.3 Å². The van der Waals surface area contributed by atoms with E-state index in [1.807, 2.05) is 42.5 Å². The molecule has 0 bridgehead atoms. The van der Waals surface area contributed by atoms with Gasteiger partial charge < -0.3 is 10.0 Å². The average Bonchev–Trinajstić information content (AvgIpc) is 2.65. The van der Waals surface area contributed by atoms with Gasteiger partial charge in [-0.2, -0.15) is 0 Å².